The fourth-order valence-corrected chi connectivity index (χ4v) is 2.51. The average molecular weight is 453 g/mol. The number of carbonyl (C=O) groups excluding carboxylic acids is 2. The van der Waals surface area contributed by atoms with Crippen LogP contribution in [0, 0.1) is 39.2 Å². The van der Waals surface area contributed by atoms with Gasteiger partial charge < -0.3 is 9.47 Å². The first-order chi connectivity index (χ1) is 15.1. The summed E-state index contributed by atoms with van der Waals surface area (Å²) in [6.45, 7) is 0. The van der Waals surface area contributed by atoms with Gasteiger partial charge in [0.1, 0.15) is 22.6 Å². The van der Waals surface area contributed by atoms with Gasteiger partial charge in [-0.05, 0) is 18.2 Å². The molecule has 3 aromatic carbocycles. The van der Waals surface area contributed by atoms with Gasteiger partial charge in [0.2, 0.25) is 5.82 Å². The van der Waals surface area contributed by atoms with Gasteiger partial charge in [-0.25, -0.2) is 31.5 Å². The lowest BCUT2D eigenvalue weighted by Crippen LogP contribution is -2.17. The van der Waals surface area contributed by atoms with Crippen molar-refractivity contribution in [2.75, 3.05) is 0 Å². The fourth-order valence-electron chi connectivity index (χ4n) is 2.51. The maximum absolute atomic E-state index is 13.8. The summed E-state index contributed by atoms with van der Waals surface area (Å²) in [5.74, 6) is -15.7. The van der Waals surface area contributed by atoms with Gasteiger partial charge in [-0.1, -0.05) is 18.2 Å². The Morgan fingerprint density at radius 2 is 1.22 bits per heavy atom. The molecule has 0 radical (unpaired) electrons. The van der Waals surface area contributed by atoms with E-state index in [4.69, 9.17) is 4.74 Å². The van der Waals surface area contributed by atoms with E-state index in [0.29, 0.717) is 0 Å². The monoisotopic (exact) mass is 453 g/mol. The van der Waals surface area contributed by atoms with Crippen LogP contribution in [0.3, 0.4) is 0 Å². The van der Waals surface area contributed by atoms with Crippen LogP contribution in [-0.2, 0) is 0 Å². The van der Waals surface area contributed by atoms with Crippen LogP contribution in [-0.4, -0.2) is 16.9 Å². The molecule has 12 heteroatoms. The number of hydrogen-bond donors (Lipinski definition) is 0. The first kappa shape index (κ1) is 22.3. The lowest BCUT2D eigenvalue weighted by molar-refractivity contribution is -0.385. The summed E-state index contributed by atoms with van der Waals surface area (Å²) in [6, 6.07) is 9.18. The first-order valence-corrected chi connectivity index (χ1v) is 8.41. The van der Waals surface area contributed by atoms with E-state index in [2.05, 4.69) is 4.74 Å². The molecule has 3 aromatic rings. The molecular weight excluding hydrogens is 445 g/mol. The van der Waals surface area contributed by atoms with Gasteiger partial charge in [0.15, 0.2) is 23.3 Å². The molecule has 0 spiro atoms. The van der Waals surface area contributed by atoms with Crippen molar-refractivity contribution in [3.63, 3.8) is 0 Å². The highest BCUT2D eigenvalue weighted by Gasteiger charge is 2.31. The van der Waals surface area contributed by atoms with E-state index < -0.39 is 62.9 Å². The largest absolute Gasteiger partial charge is 0.423 e. The van der Waals surface area contributed by atoms with Crippen molar-refractivity contribution < 1.29 is 45.9 Å². The maximum atomic E-state index is 13.8. The van der Waals surface area contributed by atoms with E-state index in [1.807, 2.05) is 0 Å². The van der Waals surface area contributed by atoms with Gasteiger partial charge in [0.05, 0.1) is 4.92 Å². The fraction of sp³-hybridized carbons (Fsp3) is 0. The molecule has 0 atom stereocenters. The Hall–Kier alpha value is -4.35. The van der Waals surface area contributed by atoms with E-state index in [9.17, 15) is 41.7 Å². The zero-order valence-electron chi connectivity index (χ0n) is 15.4. The lowest BCUT2D eigenvalue weighted by Gasteiger charge is -2.10. The molecule has 164 valence electrons. The van der Waals surface area contributed by atoms with Crippen molar-refractivity contribution >= 4 is 17.6 Å². The van der Waals surface area contributed by atoms with Gasteiger partial charge in [0.25, 0.3) is 5.69 Å². The van der Waals surface area contributed by atoms with Gasteiger partial charge in [-0.15, -0.1) is 0 Å². The minimum Gasteiger partial charge on any atom is -0.423 e. The molecule has 0 N–H and O–H groups in total. The smallest absolute Gasteiger partial charge is 0.350 e. The number of para-hydroxylation sites is 1. The van der Waals surface area contributed by atoms with Crippen LogP contribution in [0.5, 0.6) is 11.5 Å². The Morgan fingerprint density at radius 1 is 0.719 bits per heavy atom. The second kappa shape index (κ2) is 8.79. The Balaban J connectivity index is 1.85. The van der Waals surface area contributed by atoms with Crippen LogP contribution in [0.15, 0.2) is 48.5 Å². The molecule has 0 unspecified atom stereocenters. The van der Waals surface area contributed by atoms with Crippen LogP contribution in [0.4, 0.5) is 27.6 Å². The summed E-state index contributed by atoms with van der Waals surface area (Å²) < 4.78 is 76.8. The van der Waals surface area contributed by atoms with Crippen LogP contribution in [0.25, 0.3) is 0 Å². The molecule has 0 saturated carbocycles. The molecule has 0 bridgehead atoms. The number of carbonyl (C=O) groups is 2. The molecule has 0 amide bonds. The molecule has 0 fully saturated rings. The Bertz CT molecular complexity index is 1230. The summed E-state index contributed by atoms with van der Waals surface area (Å²) in [5.41, 5.74) is -2.74. The van der Waals surface area contributed by atoms with Crippen LogP contribution >= 0.6 is 0 Å². The minimum absolute atomic E-state index is 0.295. The summed E-state index contributed by atoms with van der Waals surface area (Å²) >= 11 is 0. The molecule has 0 saturated heterocycles. The molecule has 0 aliphatic carbocycles. The Morgan fingerprint density at radius 3 is 1.78 bits per heavy atom. The predicted molar refractivity (Wildman–Crippen MR) is 95.7 cm³/mol. The van der Waals surface area contributed by atoms with Crippen LogP contribution < -0.4 is 9.47 Å². The normalized spacial score (nSPS) is 10.5. The summed E-state index contributed by atoms with van der Waals surface area (Å²) in [6.07, 6.45) is 0. The number of ether oxygens (including phenoxy) is 2. The van der Waals surface area contributed by atoms with E-state index in [-0.39, 0.29) is 11.3 Å². The third-order valence-corrected chi connectivity index (χ3v) is 3.96. The van der Waals surface area contributed by atoms with E-state index >= 15 is 0 Å². The Labute approximate surface area is 174 Å². The van der Waals surface area contributed by atoms with Gasteiger partial charge >= 0.3 is 11.9 Å². The maximum Gasteiger partial charge on any atom is 0.350 e. The number of nitrogens with zero attached hydrogens (tertiary/aromatic N) is 1. The number of halogens is 5. The third kappa shape index (κ3) is 4.24. The lowest BCUT2D eigenvalue weighted by atomic mass is 10.1. The van der Waals surface area contributed by atoms with Gasteiger partial charge in [-0.3, -0.25) is 10.1 Å². The Kier molecular flexibility index (Phi) is 6.14. The number of esters is 2. The number of nitro groups is 1. The number of rotatable bonds is 5. The van der Waals surface area contributed by atoms with Crippen LogP contribution in [0.1, 0.15) is 20.7 Å². The van der Waals surface area contributed by atoms with Gasteiger partial charge in [0, 0.05) is 12.1 Å². The minimum atomic E-state index is -2.44. The van der Waals surface area contributed by atoms with Crippen molar-refractivity contribution in [2.24, 2.45) is 0 Å². The van der Waals surface area contributed by atoms with Crippen molar-refractivity contribution in [3.05, 3.63) is 98.9 Å². The highest BCUT2D eigenvalue weighted by Crippen LogP contribution is 2.27. The average Bonchev–Trinajstić information content (AvgIpc) is 2.76. The van der Waals surface area contributed by atoms with E-state index in [0.717, 1.165) is 24.3 Å². The zero-order valence-corrected chi connectivity index (χ0v) is 15.4. The predicted octanol–water partition coefficient (Wildman–Crippen LogP) is 4.73. The number of hydrogen-bond acceptors (Lipinski definition) is 6. The molecule has 0 aliphatic heterocycles. The molecule has 3 rings (SSSR count). The molecule has 0 heterocycles. The number of nitro benzene ring substituents is 1. The SMILES string of the molecule is O=C(Oc1cccc(OC(=O)c2c(F)c(F)c(F)c(F)c2F)c1)c1ccccc1[N+](=O)[O-]. The number of benzene rings is 3. The van der Waals surface area contributed by atoms with Crippen LogP contribution in [0.2, 0.25) is 0 Å². The summed E-state index contributed by atoms with van der Waals surface area (Å²) in [4.78, 5) is 34.5. The highest BCUT2D eigenvalue weighted by atomic mass is 19.2. The van der Waals surface area contributed by atoms with Crippen molar-refractivity contribution in [1.82, 2.24) is 0 Å². The van der Waals surface area contributed by atoms with Crippen molar-refractivity contribution in [3.8, 4) is 11.5 Å². The van der Waals surface area contributed by atoms with Crippen molar-refractivity contribution in [2.45, 2.75) is 0 Å². The zero-order chi connectivity index (χ0) is 23.6. The second-order valence-corrected chi connectivity index (χ2v) is 5.97. The summed E-state index contributed by atoms with van der Waals surface area (Å²) in [5, 5.41) is 11.0. The van der Waals surface area contributed by atoms with E-state index in [1.165, 1.54) is 24.3 Å². The standard InChI is InChI=1S/C20H8F5NO6/c21-14-13(15(22)17(24)18(25)16(14)23)20(28)32-10-5-3-4-9(8-10)31-19(27)11-6-1-2-7-12(11)26(29)30/h1-8H. The molecular formula is C20H8F5NO6. The molecule has 0 aromatic heterocycles. The third-order valence-electron chi connectivity index (χ3n) is 3.96. The van der Waals surface area contributed by atoms with Crippen molar-refractivity contribution in [1.29, 1.82) is 0 Å². The first-order valence-electron chi connectivity index (χ1n) is 8.41. The molecule has 0 aliphatic rings. The quantitative estimate of drug-likeness (QED) is 0.105. The van der Waals surface area contributed by atoms with Gasteiger partial charge in [-0.2, -0.15) is 0 Å². The molecule has 32 heavy (non-hydrogen) atoms. The topological polar surface area (TPSA) is 95.7 Å². The summed E-state index contributed by atoms with van der Waals surface area (Å²) in [7, 11) is 0. The molecule has 7 nitrogen and oxygen atoms in total. The second-order valence-electron chi connectivity index (χ2n) is 5.97. The van der Waals surface area contributed by atoms with E-state index in [1.54, 1.807) is 0 Å². The highest BCUT2D eigenvalue weighted by molar-refractivity contribution is 5.95.